The summed E-state index contributed by atoms with van der Waals surface area (Å²) < 4.78 is 36.7. The van der Waals surface area contributed by atoms with Crippen LogP contribution >= 0.6 is 12.0 Å². The fourth-order valence-electron chi connectivity index (χ4n) is 5.10. The van der Waals surface area contributed by atoms with Crippen LogP contribution in [0.15, 0.2) is 29.8 Å². The number of fused-ring (bicyclic) bond motifs is 2. The molecule has 38 heavy (non-hydrogen) atoms. The number of phenolic OH excluding ortho intramolecular Hbond substituents is 1. The van der Waals surface area contributed by atoms with Crippen molar-refractivity contribution in [3.63, 3.8) is 0 Å². The van der Waals surface area contributed by atoms with E-state index in [1.165, 1.54) is 12.1 Å². The molecule has 1 heterocycles. The van der Waals surface area contributed by atoms with Crippen LogP contribution < -0.4 is 0 Å². The second kappa shape index (κ2) is 13.9. The first-order chi connectivity index (χ1) is 18.3. The van der Waals surface area contributed by atoms with Gasteiger partial charge in [-0.25, -0.2) is 4.39 Å². The lowest BCUT2D eigenvalue weighted by Crippen LogP contribution is -2.58. The maximum absolute atomic E-state index is 14.3. The van der Waals surface area contributed by atoms with Gasteiger partial charge >= 0.3 is 5.97 Å². The molecule has 206 valence electrons. The van der Waals surface area contributed by atoms with Crippen LogP contribution in [0.1, 0.15) is 71.5 Å². The minimum atomic E-state index is -0.836. The molecule has 0 aromatic heterocycles. The normalized spacial score (nSPS) is 23.2. The zero-order chi connectivity index (χ0) is 27.6. The average Bonchev–Trinajstić information content (AvgIpc) is 2.89. The van der Waals surface area contributed by atoms with Crippen molar-refractivity contribution in [1.29, 1.82) is 0 Å². The lowest BCUT2D eigenvalue weighted by Gasteiger charge is -2.55. The molecule has 1 saturated heterocycles. The quantitative estimate of drug-likeness (QED) is 0.0689. The molecule has 0 radical (unpaired) electrons. The molecule has 7 nitrogen and oxygen atoms in total. The van der Waals surface area contributed by atoms with E-state index in [4.69, 9.17) is 14.2 Å². The van der Waals surface area contributed by atoms with E-state index < -0.39 is 28.7 Å². The standard InChI is InChI=1S/C29H35FO7S/c1-5-18-38-37-35-17-8-7-15-33-16-9-10-21-13-14-29(27(32)34-6-2)20-23(21)26(36-28(29,3)4)22-11-12-25(31)24(30)19-22/h11-13,19,23,26,31H,6-7,9-10,14-16,20H2,1-4H3. The number of hydrogen-bond donors (Lipinski definition) is 1. The summed E-state index contributed by atoms with van der Waals surface area (Å²) in [6.45, 7) is 8.57. The van der Waals surface area contributed by atoms with Crippen molar-refractivity contribution in [2.75, 3.05) is 19.8 Å². The summed E-state index contributed by atoms with van der Waals surface area (Å²) in [6, 6.07) is 4.33. The number of aromatic hydroxyl groups is 1. The number of esters is 1. The molecule has 3 rings (SSSR count). The van der Waals surface area contributed by atoms with Gasteiger partial charge in [-0.2, -0.15) is 0 Å². The molecule has 1 aromatic carbocycles. The van der Waals surface area contributed by atoms with Gasteiger partial charge in [-0.3, -0.25) is 9.68 Å². The molecule has 0 amide bonds. The van der Waals surface area contributed by atoms with Crippen molar-refractivity contribution in [2.24, 2.45) is 11.3 Å². The Bertz CT molecular complexity index is 1130. The van der Waals surface area contributed by atoms with Crippen LogP contribution in [0.25, 0.3) is 0 Å². The number of rotatable bonds is 11. The molecule has 1 aromatic rings. The minimum absolute atomic E-state index is 0.136. The second-order valence-corrected chi connectivity index (χ2v) is 10.2. The Balaban J connectivity index is 1.64. The summed E-state index contributed by atoms with van der Waals surface area (Å²) in [6.07, 6.45) is 7.17. The van der Waals surface area contributed by atoms with Crippen molar-refractivity contribution in [1.82, 2.24) is 0 Å². The van der Waals surface area contributed by atoms with Crippen LogP contribution in [-0.4, -0.2) is 36.5 Å². The highest BCUT2D eigenvalue weighted by molar-refractivity contribution is 7.99. The Kier molecular flexibility index (Phi) is 10.9. The molecule has 1 N–H and O–H groups in total. The molecule has 9 heteroatoms. The third-order valence-corrected chi connectivity index (χ3v) is 7.54. The summed E-state index contributed by atoms with van der Waals surface area (Å²) in [5, 5.41) is 12.3. The van der Waals surface area contributed by atoms with Crippen molar-refractivity contribution < 1.29 is 37.7 Å². The van der Waals surface area contributed by atoms with Gasteiger partial charge in [0.15, 0.2) is 17.7 Å². The molecular formula is C29H35FO7S. The fourth-order valence-corrected chi connectivity index (χ4v) is 5.28. The van der Waals surface area contributed by atoms with Crippen LogP contribution in [0.3, 0.4) is 0 Å². The predicted molar refractivity (Wildman–Crippen MR) is 141 cm³/mol. The SMILES string of the molecule is CC#CSOOC#CCCOCCCC1=CCC2(C(=O)OCC)CC1C(c1ccc(O)c(F)c1)OC2(C)C. The molecule has 1 fully saturated rings. The zero-order valence-corrected chi connectivity index (χ0v) is 23.1. The maximum Gasteiger partial charge on any atom is 0.315 e. The van der Waals surface area contributed by atoms with Gasteiger partial charge in [-0.15, -0.1) is 0 Å². The van der Waals surface area contributed by atoms with Crippen molar-refractivity contribution >= 4 is 18.0 Å². The van der Waals surface area contributed by atoms with Gasteiger partial charge in [-0.05, 0) is 76.3 Å². The number of phenols is 1. The van der Waals surface area contributed by atoms with Crippen molar-refractivity contribution in [2.45, 2.75) is 71.5 Å². The first-order valence-corrected chi connectivity index (χ1v) is 13.5. The van der Waals surface area contributed by atoms with Crippen LogP contribution in [0.2, 0.25) is 0 Å². The Hall–Kier alpha value is -2.69. The number of carbonyl (C=O) groups is 1. The van der Waals surface area contributed by atoms with E-state index in [0.717, 1.165) is 30.5 Å². The lowest BCUT2D eigenvalue weighted by molar-refractivity contribution is -0.225. The summed E-state index contributed by atoms with van der Waals surface area (Å²) in [4.78, 5) is 17.8. The molecule has 2 aliphatic rings. The smallest absolute Gasteiger partial charge is 0.315 e. The molecule has 0 saturated carbocycles. The van der Waals surface area contributed by atoms with Crippen molar-refractivity contribution in [3.05, 3.63) is 41.2 Å². The fraction of sp³-hybridized carbons (Fsp3) is 0.552. The van der Waals surface area contributed by atoms with Crippen LogP contribution in [0.5, 0.6) is 5.75 Å². The first-order valence-electron chi connectivity index (χ1n) is 12.7. The average molecular weight is 547 g/mol. The second-order valence-electron chi connectivity index (χ2n) is 9.69. The number of allylic oxidation sites excluding steroid dienone is 1. The highest BCUT2D eigenvalue weighted by Crippen LogP contribution is 2.59. The van der Waals surface area contributed by atoms with E-state index in [1.807, 2.05) is 13.8 Å². The Morgan fingerprint density at radius 3 is 2.87 bits per heavy atom. The molecule has 0 spiro atoms. The molecule has 1 aliphatic heterocycles. The van der Waals surface area contributed by atoms with Gasteiger partial charge in [0.05, 0.1) is 24.9 Å². The van der Waals surface area contributed by atoms with E-state index in [9.17, 15) is 14.3 Å². The van der Waals surface area contributed by atoms with E-state index >= 15 is 0 Å². The predicted octanol–water partition coefficient (Wildman–Crippen LogP) is 5.99. The zero-order valence-electron chi connectivity index (χ0n) is 22.3. The largest absolute Gasteiger partial charge is 0.505 e. The third kappa shape index (κ3) is 7.03. The Morgan fingerprint density at radius 2 is 2.13 bits per heavy atom. The van der Waals surface area contributed by atoms with Gasteiger partial charge in [0, 0.05) is 18.9 Å². The number of halogens is 1. The molecule has 1 aliphatic carbocycles. The van der Waals surface area contributed by atoms with E-state index in [1.54, 1.807) is 19.9 Å². The van der Waals surface area contributed by atoms with E-state index in [-0.39, 0.29) is 18.5 Å². The van der Waals surface area contributed by atoms with Gasteiger partial charge < -0.3 is 19.3 Å². The van der Waals surface area contributed by atoms with E-state index in [2.05, 4.69) is 38.5 Å². The summed E-state index contributed by atoms with van der Waals surface area (Å²) in [7, 11) is 0. The first kappa shape index (κ1) is 29.9. The molecule has 3 atom stereocenters. The van der Waals surface area contributed by atoms with Gasteiger partial charge in [0.2, 0.25) is 0 Å². The highest BCUT2D eigenvalue weighted by atomic mass is 32.2. The summed E-state index contributed by atoms with van der Waals surface area (Å²) >= 11 is 0.865. The molecular weight excluding hydrogens is 511 g/mol. The van der Waals surface area contributed by atoms with Crippen molar-refractivity contribution in [3.8, 4) is 28.9 Å². The minimum Gasteiger partial charge on any atom is -0.505 e. The summed E-state index contributed by atoms with van der Waals surface area (Å²) in [5.41, 5.74) is 0.120. The highest BCUT2D eigenvalue weighted by Gasteiger charge is 2.60. The Labute approximate surface area is 228 Å². The maximum atomic E-state index is 14.3. The third-order valence-electron chi connectivity index (χ3n) is 7.11. The topological polar surface area (TPSA) is 83.5 Å². The Morgan fingerprint density at radius 1 is 1.32 bits per heavy atom. The van der Waals surface area contributed by atoms with Crippen LogP contribution in [0.4, 0.5) is 4.39 Å². The van der Waals surface area contributed by atoms with Crippen LogP contribution in [-0.2, 0) is 28.2 Å². The molecule has 2 bridgehead atoms. The van der Waals surface area contributed by atoms with Crippen LogP contribution in [0, 0.1) is 40.3 Å². The van der Waals surface area contributed by atoms with Gasteiger partial charge in [-0.1, -0.05) is 33.9 Å². The lowest BCUT2D eigenvalue weighted by atomic mass is 9.58. The van der Waals surface area contributed by atoms with Gasteiger partial charge in [0.1, 0.15) is 17.5 Å². The van der Waals surface area contributed by atoms with Gasteiger partial charge in [0.25, 0.3) is 0 Å². The number of carbonyl (C=O) groups excluding carboxylic acids is 1. The van der Waals surface area contributed by atoms with E-state index in [0.29, 0.717) is 38.0 Å². The number of hydrogen-bond acceptors (Lipinski definition) is 8. The molecule has 3 unspecified atom stereocenters. The monoisotopic (exact) mass is 546 g/mol. The number of benzene rings is 1. The number of ether oxygens (including phenoxy) is 3. The summed E-state index contributed by atoms with van der Waals surface area (Å²) in [5.74, 6) is 3.93.